The van der Waals surface area contributed by atoms with E-state index in [0.717, 1.165) is 33.6 Å². The lowest BCUT2D eigenvalue weighted by molar-refractivity contribution is 0.521. The first kappa shape index (κ1) is 21.0. The Balaban J connectivity index is 1.45. The van der Waals surface area contributed by atoms with Crippen molar-refractivity contribution in [3.05, 3.63) is 90.3 Å². The van der Waals surface area contributed by atoms with Crippen molar-refractivity contribution in [3.63, 3.8) is 0 Å². The number of sulfonamides is 1. The monoisotopic (exact) mass is 458 g/mol. The molecular formula is C25H22N4O3S. The number of hydrogen-bond acceptors (Lipinski definition) is 5. The average molecular weight is 459 g/mol. The summed E-state index contributed by atoms with van der Waals surface area (Å²) in [5.74, 6) is 0.555. The molecule has 0 saturated carbocycles. The summed E-state index contributed by atoms with van der Waals surface area (Å²) in [6, 6.07) is 16.2. The van der Waals surface area contributed by atoms with E-state index in [-0.39, 0.29) is 4.90 Å². The van der Waals surface area contributed by atoms with Gasteiger partial charge in [0.05, 0.1) is 16.3 Å². The van der Waals surface area contributed by atoms with E-state index in [1.807, 2.05) is 61.0 Å². The number of fused-ring (bicyclic) bond motifs is 1. The maximum Gasteiger partial charge on any atom is 0.261 e. The van der Waals surface area contributed by atoms with Crippen LogP contribution in [0.4, 0.5) is 5.69 Å². The molecule has 2 aromatic carbocycles. The van der Waals surface area contributed by atoms with Crippen LogP contribution in [0.5, 0.6) is 0 Å². The van der Waals surface area contributed by atoms with Crippen LogP contribution >= 0.6 is 0 Å². The summed E-state index contributed by atoms with van der Waals surface area (Å²) in [6.45, 7) is 5.64. The van der Waals surface area contributed by atoms with Crippen LogP contribution in [-0.2, 0) is 10.0 Å². The molecule has 1 N–H and O–H groups in total. The molecule has 0 spiro atoms. The topological polar surface area (TPSA) is 89.5 Å². The molecule has 0 aliphatic heterocycles. The van der Waals surface area contributed by atoms with E-state index in [4.69, 9.17) is 9.40 Å². The van der Waals surface area contributed by atoms with Gasteiger partial charge in [-0.2, -0.15) is 0 Å². The van der Waals surface area contributed by atoms with E-state index in [2.05, 4.69) is 9.71 Å². The van der Waals surface area contributed by atoms with Gasteiger partial charge in [0, 0.05) is 30.4 Å². The van der Waals surface area contributed by atoms with Gasteiger partial charge in [-0.3, -0.25) is 4.72 Å². The van der Waals surface area contributed by atoms with Crippen LogP contribution in [0, 0.1) is 20.8 Å². The Morgan fingerprint density at radius 1 is 0.879 bits per heavy atom. The fraction of sp³-hybridized carbons (Fsp3) is 0.120. The highest BCUT2D eigenvalue weighted by atomic mass is 32.2. The lowest BCUT2D eigenvalue weighted by Crippen LogP contribution is -2.13. The predicted molar refractivity (Wildman–Crippen MR) is 128 cm³/mol. The first-order valence-electron chi connectivity index (χ1n) is 10.4. The fourth-order valence-corrected chi connectivity index (χ4v) is 4.81. The van der Waals surface area contributed by atoms with Gasteiger partial charge in [-0.1, -0.05) is 30.3 Å². The maximum absolute atomic E-state index is 13.1. The molecule has 166 valence electrons. The zero-order chi connectivity index (χ0) is 23.2. The van der Waals surface area contributed by atoms with Gasteiger partial charge in [-0.25, -0.2) is 18.4 Å². The predicted octanol–water partition coefficient (Wildman–Crippen LogP) is 5.38. The smallest absolute Gasteiger partial charge is 0.261 e. The second-order valence-corrected chi connectivity index (χ2v) is 9.64. The molecule has 0 unspecified atom stereocenters. The third-order valence-electron chi connectivity index (χ3n) is 5.53. The lowest BCUT2D eigenvalue weighted by Gasteiger charge is -2.12. The summed E-state index contributed by atoms with van der Waals surface area (Å²) in [5.41, 5.74) is 6.32. The molecule has 0 bridgehead atoms. The Kier molecular flexibility index (Phi) is 5.02. The summed E-state index contributed by atoms with van der Waals surface area (Å²) in [4.78, 5) is 9.16. The highest BCUT2D eigenvalue weighted by Crippen LogP contribution is 2.28. The third-order valence-corrected chi connectivity index (χ3v) is 6.92. The maximum atomic E-state index is 13.1. The number of rotatable bonds is 5. The zero-order valence-electron chi connectivity index (χ0n) is 18.4. The van der Waals surface area contributed by atoms with Crippen molar-refractivity contribution in [3.8, 4) is 22.5 Å². The molecule has 5 aromatic rings. The van der Waals surface area contributed by atoms with Gasteiger partial charge >= 0.3 is 0 Å². The SMILES string of the molecule is Cc1nc(-c2ccc(S(=O)(=O)Nc3cc(-c4cn5cccc(C)c5n4)ccc3C)cc2)co1. The molecule has 0 amide bonds. The van der Waals surface area contributed by atoms with Crippen molar-refractivity contribution in [2.24, 2.45) is 0 Å². The molecule has 0 radical (unpaired) electrons. The van der Waals surface area contributed by atoms with Gasteiger partial charge in [0.15, 0.2) is 5.89 Å². The van der Waals surface area contributed by atoms with E-state index in [0.29, 0.717) is 17.3 Å². The number of anilines is 1. The largest absolute Gasteiger partial charge is 0.449 e. The number of imidazole rings is 1. The van der Waals surface area contributed by atoms with Crippen molar-refractivity contribution in [2.75, 3.05) is 4.72 Å². The molecule has 5 rings (SSSR count). The second kappa shape index (κ2) is 7.90. The van der Waals surface area contributed by atoms with Gasteiger partial charge in [0.1, 0.15) is 17.6 Å². The molecule has 0 aliphatic rings. The number of nitrogens with one attached hydrogen (secondary N) is 1. The first-order chi connectivity index (χ1) is 15.8. The van der Waals surface area contributed by atoms with Crippen molar-refractivity contribution < 1.29 is 12.8 Å². The fourth-order valence-electron chi connectivity index (χ4n) is 3.69. The molecule has 3 heterocycles. The Hall–Kier alpha value is -3.91. The Labute approximate surface area is 191 Å². The van der Waals surface area contributed by atoms with Gasteiger partial charge in [0.25, 0.3) is 10.0 Å². The molecule has 3 aromatic heterocycles. The van der Waals surface area contributed by atoms with E-state index in [1.165, 1.54) is 0 Å². The Morgan fingerprint density at radius 2 is 1.64 bits per heavy atom. The minimum Gasteiger partial charge on any atom is -0.449 e. The van der Waals surface area contributed by atoms with Gasteiger partial charge in [0.2, 0.25) is 0 Å². The summed E-state index contributed by atoms with van der Waals surface area (Å²) >= 11 is 0. The van der Waals surface area contributed by atoms with Crippen LogP contribution in [-0.4, -0.2) is 22.8 Å². The molecule has 0 atom stereocenters. The van der Waals surface area contributed by atoms with Crippen molar-refractivity contribution in [1.29, 1.82) is 0 Å². The summed E-state index contributed by atoms with van der Waals surface area (Å²) in [6.07, 6.45) is 5.43. The number of benzene rings is 2. The standard InChI is InChI=1S/C25H22N4O3S/c1-16-6-7-20(23-14-29-12-4-5-17(2)25(29)27-23)13-22(16)28-33(30,31)21-10-8-19(9-11-21)24-15-32-18(3)26-24/h4-15,28H,1-3H3. The van der Waals surface area contributed by atoms with Gasteiger partial charge < -0.3 is 8.82 Å². The van der Waals surface area contributed by atoms with Crippen LogP contribution in [0.2, 0.25) is 0 Å². The van der Waals surface area contributed by atoms with Crippen LogP contribution in [0.25, 0.3) is 28.2 Å². The van der Waals surface area contributed by atoms with Gasteiger partial charge in [-0.15, -0.1) is 0 Å². The molecule has 0 fully saturated rings. The number of aryl methyl sites for hydroxylation is 3. The Bertz CT molecular complexity index is 1580. The van der Waals surface area contributed by atoms with E-state index in [1.54, 1.807) is 37.5 Å². The number of hydrogen-bond donors (Lipinski definition) is 1. The molecule has 0 aliphatic carbocycles. The summed E-state index contributed by atoms with van der Waals surface area (Å²) in [5, 5.41) is 0. The second-order valence-electron chi connectivity index (χ2n) is 7.96. The average Bonchev–Trinajstić information content (AvgIpc) is 3.43. The Morgan fingerprint density at radius 3 is 2.33 bits per heavy atom. The van der Waals surface area contributed by atoms with E-state index in [9.17, 15) is 8.42 Å². The molecule has 0 saturated heterocycles. The molecule has 8 heteroatoms. The number of nitrogens with zero attached hydrogens (tertiary/aromatic N) is 3. The van der Waals surface area contributed by atoms with E-state index >= 15 is 0 Å². The minimum absolute atomic E-state index is 0.166. The number of aromatic nitrogens is 3. The first-order valence-corrected chi connectivity index (χ1v) is 11.9. The quantitative estimate of drug-likeness (QED) is 0.382. The van der Waals surface area contributed by atoms with Crippen molar-refractivity contribution >= 4 is 21.4 Å². The molecule has 33 heavy (non-hydrogen) atoms. The summed E-state index contributed by atoms with van der Waals surface area (Å²) < 4.78 is 36.1. The van der Waals surface area contributed by atoms with E-state index < -0.39 is 10.0 Å². The zero-order valence-corrected chi connectivity index (χ0v) is 19.2. The normalized spacial score (nSPS) is 11.7. The number of oxazole rings is 1. The number of pyridine rings is 1. The van der Waals surface area contributed by atoms with Crippen LogP contribution in [0.3, 0.4) is 0 Å². The van der Waals surface area contributed by atoms with Crippen LogP contribution in [0.15, 0.2) is 82.6 Å². The minimum atomic E-state index is -3.78. The highest BCUT2D eigenvalue weighted by Gasteiger charge is 2.17. The summed E-state index contributed by atoms with van der Waals surface area (Å²) in [7, 11) is -3.78. The lowest BCUT2D eigenvalue weighted by atomic mass is 10.1. The van der Waals surface area contributed by atoms with Crippen molar-refractivity contribution in [1.82, 2.24) is 14.4 Å². The van der Waals surface area contributed by atoms with Crippen LogP contribution < -0.4 is 4.72 Å². The highest BCUT2D eigenvalue weighted by molar-refractivity contribution is 7.92. The molecule has 7 nitrogen and oxygen atoms in total. The van der Waals surface area contributed by atoms with Gasteiger partial charge in [-0.05, 0) is 49.2 Å². The third kappa shape index (κ3) is 4.01. The van der Waals surface area contributed by atoms with Crippen molar-refractivity contribution in [2.45, 2.75) is 25.7 Å². The van der Waals surface area contributed by atoms with Crippen LogP contribution in [0.1, 0.15) is 17.0 Å². The molecular weight excluding hydrogens is 436 g/mol.